The molecule has 0 bridgehead atoms. The summed E-state index contributed by atoms with van der Waals surface area (Å²) in [6, 6.07) is 5.58. The Hall–Kier alpha value is -2.04. The van der Waals surface area contributed by atoms with Crippen molar-refractivity contribution >= 4 is 11.8 Å². The molecule has 1 aromatic carbocycles. The molecule has 0 saturated carbocycles. The van der Waals surface area contributed by atoms with E-state index in [0.717, 1.165) is 16.9 Å². The molecule has 17 heavy (non-hydrogen) atoms. The number of hydrogen-bond donors (Lipinski definition) is 1. The van der Waals surface area contributed by atoms with E-state index >= 15 is 0 Å². The number of benzene rings is 1. The molecule has 0 saturated heterocycles. The summed E-state index contributed by atoms with van der Waals surface area (Å²) in [5, 5.41) is 0. The van der Waals surface area contributed by atoms with Gasteiger partial charge in [0.05, 0.1) is 7.11 Å². The predicted octanol–water partition coefficient (Wildman–Crippen LogP) is 0.447. The van der Waals surface area contributed by atoms with Crippen LogP contribution in [-0.4, -0.2) is 30.9 Å². The van der Waals surface area contributed by atoms with Crippen LogP contribution in [0.2, 0.25) is 0 Å². The van der Waals surface area contributed by atoms with Crippen molar-refractivity contribution in [2.24, 2.45) is 5.73 Å². The monoisotopic (exact) mass is 236 g/mol. The Morgan fingerprint density at radius 2 is 2.06 bits per heavy atom. The minimum atomic E-state index is -0.947. The summed E-state index contributed by atoms with van der Waals surface area (Å²) in [5.74, 6) is -0.853. The van der Waals surface area contributed by atoms with Crippen molar-refractivity contribution in [1.82, 2.24) is 4.90 Å². The third-order valence-electron chi connectivity index (χ3n) is 2.44. The van der Waals surface area contributed by atoms with Crippen LogP contribution in [0, 0.1) is 6.92 Å². The van der Waals surface area contributed by atoms with Gasteiger partial charge in [0.25, 0.3) is 0 Å². The van der Waals surface area contributed by atoms with E-state index in [1.807, 2.05) is 25.1 Å². The van der Waals surface area contributed by atoms with E-state index in [-0.39, 0.29) is 0 Å². The maximum atomic E-state index is 11.3. The number of aryl methyl sites for hydroxylation is 1. The number of nitrogens with zero attached hydrogens (tertiary/aromatic N) is 1. The molecule has 0 radical (unpaired) electrons. The van der Waals surface area contributed by atoms with Gasteiger partial charge in [0.1, 0.15) is 5.75 Å². The highest BCUT2D eigenvalue weighted by molar-refractivity contribution is 6.34. The van der Waals surface area contributed by atoms with E-state index < -0.39 is 11.8 Å². The predicted molar refractivity (Wildman–Crippen MR) is 63.4 cm³/mol. The van der Waals surface area contributed by atoms with Crippen molar-refractivity contribution < 1.29 is 14.3 Å². The maximum Gasteiger partial charge on any atom is 0.311 e. The van der Waals surface area contributed by atoms with Gasteiger partial charge in [-0.1, -0.05) is 12.1 Å². The minimum absolute atomic E-state index is 0.340. The number of primary amides is 1. The highest BCUT2D eigenvalue weighted by atomic mass is 16.5. The van der Waals surface area contributed by atoms with Crippen molar-refractivity contribution in [3.63, 3.8) is 0 Å². The van der Waals surface area contributed by atoms with Crippen molar-refractivity contribution in [3.8, 4) is 5.75 Å². The van der Waals surface area contributed by atoms with Crippen molar-refractivity contribution in [2.45, 2.75) is 13.5 Å². The van der Waals surface area contributed by atoms with E-state index in [2.05, 4.69) is 0 Å². The number of hydrogen-bond acceptors (Lipinski definition) is 3. The quantitative estimate of drug-likeness (QED) is 0.774. The first-order valence-corrected chi connectivity index (χ1v) is 5.14. The van der Waals surface area contributed by atoms with Crippen LogP contribution >= 0.6 is 0 Å². The van der Waals surface area contributed by atoms with Crippen LogP contribution in [-0.2, 0) is 16.1 Å². The van der Waals surface area contributed by atoms with Gasteiger partial charge in [0.2, 0.25) is 0 Å². The Morgan fingerprint density at radius 1 is 1.41 bits per heavy atom. The molecule has 0 aliphatic carbocycles. The van der Waals surface area contributed by atoms with Gasteiger partial charge in [-0.2, -0.15) is 0 Å². The zero-order valence-electron chi connectivity index (χ0n) is 10.2. The van der Waals surface area contributed by atoms with Gasteiger partial charge in [0, 0.05) is 13.6 Å². The maximum absolute atomic E-state index is 11.3. The lowest BCUT2D eigenvalue weighted by molar-refractivity contribution is -0.143. The fourth-order valence-corrected chi connectivity index (χ4v) is 1.57. The van der Waals surface area contributed by atoms with Crippen LogP contribution in [0.4, 0.5) is 0 Å². The van der Waals surface area contributed by atoms with Crippen LogP contribution in [0.3, 0.4) is 0 Å². The second kappa shape index (κ2) is 5.34. The lowest BCUT2D eigenvalue weighted by Gasteiger charge is -2.16. The van der Waals surface area contributed by atoms with Gasteiger partial charge in [-0.15, -0.1) is 0 Å². The van der Waals surface area contributed by atoms with Gasteiger partial charge in [-0.05, 0) is 24.1 Å². The molecule has 0 aliphatic rings. The molecule has 2 amide bonds. The molecule has 0 heterocycles. The summed E-state index contributed by atoms with van der Waals surface area (Å²) in [4.78, 5) is 23.3. The third-order valence-corrected chi connectivity index (χ3v) is 2.44. The number of rotatable bonds is 3. The van der Waals surface area contributed by atoms with E-state index in [0.29, 0.717) is 6.54 Å². The summed E-state index contributed by atoms with van der Waals surface area (Å²) in [6.45, 7) is 2.25. The summed E-state index contributed by atoms with van der Waals surface area (Å²) in [6.07, 6.45) is 0. The van der Waals surface area contributed by atoms with Crippen molar-refractivity contribution in [1.29, 1.82) is 0 Å². The number of ether oxygens (including phenoxy) is 1. The highest BCUT2D eigenvalue weighted by Crippen LogP contribution is 2.19. The van der Waals surface area contributed by atoms with E-state index in [1.54, 1.807) is 7.11 Å². The Morgan fingerprint density at radius 3 is 2.53 bits per heavy atom. The minimum Gasteiger partial charge on any atom is -0.496 e. The van der Waals surface area contributed by atoms with Crippen LogP contribution < -0.4 is 10.5 Å². The Balaban J connectivity index is 2.79. The fraction of sp³-hybridized carbons (Fsp3) is 0.333. The largest absolute Gasteiger partial charge is 0.496 e. The van der Waals surface area contributed by atoms with Crippen molar-refractivity contribution in [3.05, 3.63) is 29.3 Å². The molecular formula is C12H16N2O3. The number of carbonyl (C=O) groups is 2. The van der Waals surface area contributed by atoms with Crippen LogP contribution in [0.1, 0.15) is 11.1 Å². The molecule has 0 aromatic heterocycles. The first-order chi connectivity index (χ1) is 7.95. The Kier molecular flexibility index (Phi) is 4.09. The van der Waals surface area contributed by atoms with Gasteiger partial charge in [-0.25, -0.2) is 0 Å². The molecule has 5 heteroatoms. The Labute approximate surface area is 100 Å². The van der Waals surface area contributed by atoms with Crippen LogP contribution in [0.25, 0.3) is 0 Å². The summed E-state index contributed by atoms with van der Waals surface area (Å²) >= 11 is 0. The first kappa shape index (κ1) is 13.0. The average molecular weight is 236 g/mol. The molecular weight excluding hydrogens is 220 g/mol. The number of nitrogens with two attached hydrogens (primary N) is 1. The van der Waals surface area contributed by atoms with E-state index in [4.69, 9.17) is 10.5 Å². The Bertz CT molecular complexity index is 443. The molecule has 5 nitrogen and oxygen atoms in total. The normalized spacial score (nSPS) is 9.82. The van der Waals surface area contributed by atoms with Gasteiger partial charge < -0.3 is 15.4 Å². The topological polar surface area (TPSA) is 72.6 Å². The molecule has 0 atom stereocenters. The second-order valence-electron chi connectivity index (χ2n) is 3.83. The lowest BCUT2D eigenvalue weighted by Crippen LogP contribution is -2.37. The smallest absolute Gasteiger partial charge is 0.311 e. The van der Waals surface area contributed by atoms with Gasteiger partial charge >= 0.3 is 11.8 Å². The number of amides is 2. The third kappa shape index (κ3) is 3.21. The summed E-state index contributed by atoms with van der Waals surface area (Å²) < 4.78 is 5.14. The lowest BCUT2D eigenvalue weighted by atomic mass is 10.1. The number of likely N-dealkylation sites (N-methyl/N-ethyl adjacent to an activating group) is 1. The molecule has 0 unspecified atom stereocenters. The van der Waals surface area contributed by atoms with Crippen LogP contribution in [0.5, 0.6) is 5.75 Å². The molecule has 2 N–H and O–H groups in total. The zero-order chi connectivity index (χ0) is 13.0. The van der Waals surface area contributed by atoms with E-state index in [9.17, 15) is 9.59 Å². The number of carbonyl (C=O) groups excluding carboxylic acids is 2. The highest BCUT2D eigenvalue weighted by Gasteiger charge is 2.15. The molecule has 1 aromatic rings. The summed E-state index contributed by atoms with van der Waals surface area (Å²) in [5.41, 5.74) is 6.81. The molecule has 0 aliphatic heterocycles. The standard InChI is InChI=1S/C12H16N2O3/c1-8-6-9(4-5-10(8)17-3)7-14(2)12(16)11(13)15/h4-6H,7H2,1-3H3,(H2,13,15). The molecule has 92 valence electrons. The first-order valence-electron chi connectivity index (χ1n) is 5.14. The van der Waals surface area contributed by atoms with Crippen LogP contribution in [0.15, 0.2) is 18.2 Å². The molecule has 0 spiro atoms. The molecule has 1 rings (SSSR count). The number of methoxy groups -OCH3 is 1. The fourth-order valence-electron chi connectivity index (χ4n) is 1.57. The van der Waals surface area contributed by atoms with Crippen molar-refractivity contribution in [2.75, 3.05) is 14.2 Å². The van der Waals surface area contributed by atoms with E-state index in [1.165, 1.54) is 11.9 Å². The van der Waals surface area contributed by atoms with Gasteiger partial charge in [0.15, 0.2) is 0 Å². The average Bonchev–Trinajstić information content (AvgIpc) is 2.28. The second-order valence-corrected chi connectivity index (χ2v) is 3.83. The molecule has 0 fully saturated rings. The summed E-state index contributed by atoms with van der Waals surface area (Å²) in [7, 11) is 3.14. The zero-order valence-corrected chi connectivity index (χ0v) is 10.2. The van der Waals surface area contributed by atoms with Gasteiger partial charge in [-0.3, -0.25) is 9.59 Å². The SMILES string of the molecule is COc1ccc(CN(C)C(=O)C(N)=O)cc1C.